The lowest BCUT2D eigenvalue weighted by atomic mass is 10.0. The lowest BCUT2D eigenvalue weighted by Crippen LogP contribution is -2.56. The molecule has 7 nitrogen and oxygen atoms in total. The number of aryl methyl sites for hydroxylation is 1. The second-order valence-corrected chi connectivity index (χ2v) is 13.1. The van der Waals surface area contributed by atoms with Gasteiger partial charge in [0.15, 0.2) is 0 Å². The number of sulfonamides is 1. The van der Waals surface area contributed by atoms with Gasteiger partial charge >= 0.3 is 0 Å². The van der Waals surface area contributed by atoms with Crippen LogP contribution in [0.3, 0.4) is 0 Å². The molecular formula is C30H35ClFN3O4S. The molecule has 1 N–H and O–H groups in total. The van der Waals surface area contributed by atoms with E-state index in [2.05, 4.69) is 5.32 Å². The van der Waals surface area contributed by atoms with Gasteiger partial charge < -0.3 is 10.2 Å². The first-order chi connectivity index (χ1) is 18.7. The van der Waals surface area contributed by atoms with E-state index in [9.17, 15) is 22.4 Å². The van der Waals surface area contributed by atoms with Crippen molar-refractivity contribution >= 4 is 39.1 Å². The molecule has 0 aliphatic carbocycles. The molecule has 0 saturated heterocycles. The second-order valence-electron chi connectivity index (χ2n) is 10.8. The summed E-state index contributed by atoms with van der Waals surface area (Å²) in [5.74, 6) is -1.63. The largest absolute Gasteiger partial charge is 0.350 e. The maximum Gasteiger partial charge on any atom is 0.244 e. The van der Waals surface area contributed by atoms with Crippen LogP contribution in [0.25, 0.3) is 0 Å². The Morgan fingerprint density at radius 2 is 1.62 bits per heavy atom. The predicted octanol–water partition coefficient (Wildman–Crippen LogP) is 5.11. The van der Waals surface area contributed by atoms with Gasteiger partial charge in [-0.15, -0.1) is 0 Å². The number of anilines is 1. The minimum absolute atomic E-state index is 0.141. The highest BCUT2D eigenvalue weighted by molar-refractivity contribution is 7.92. The first-order valence-corrected chi connectivity index (χ1v) is 15.0. The smallest absolute Gasteiger partial charge is 0.244 e. The fourth-order valence-corrected chi connectivity index (χ4v) is 5.44. The van der Waals surface area contributed by atoms with Crippen LogP contribution in [-0.4, -0.2) is 49.5 Å². The Labute approximate surface area is 241 Å². The van der Waals surface area contributed by atoms with Gasteiger partial charge in [0.05, 0.1) is 11.9 Å². The average Bonchev–Trinajstić information content (AvgIpc) is 2.85. The molecule has 0 aliphatic rings. The Morgan fingerprint density at radius 3 is 2.20 bits per heavy atom. The van der Waals surface area contributed by atoms with Gasteiger partial charge in [0.2, 0.25) is 21.8 Å². The van der Waals surface area contributed by atoms with Crippen LogP contribution in [-0.2, 0) is 32.6 Å². The number of hydrogen-bond acceptors (Lipinski definition) is 4. The van der Waals surface area contributed by atoms with Gasteiger partial charge in [-0.1, -0.05) is 60.1 Å². The van der Waals surface area contributed by atoms with Crippen molar-refractivity contribution in [3.05, 3.63) is 100 Å². The minimum Gasteiger partial charge on any atom is -0.350 e. The van der Waals surface area contributed by atoms with Crippen LogP contribution in [0.4, 0.5) is 10.1 Å². The molecule has 0 aliphatic heterocycles. The molecular weight excluding hydrogens is 553 g/mol. The molecule has 2 amide bonds. The fourth-order valence-electron chi connectivity index (χ4n) is 4.31. The van der Waals surface area contributed by atoms with E-state index in [0.717, 1.165) is 16.1 Å². The van der Waals surface area contributed by atoms with Gasteiger partial charge in [-0.25, -0.2) is 12.8 Å². The normalized spacial score (nSPS) is 12.5. The zero-order valence-electron chi connectivity index (χ0n) is 23.3. The van der Waals surface area contributed by atoms with Crippen molar-refractivity contribution < 1.29 is 22.4 Å². The summed E-state index contributed by atoms with van der Waals surface area (Å²) >= 11 is 6.08. The Hall–Kier alpha value is -3.43. The summed E-state index contributed by atoms with van der Waals surface area (Å²) in [4.78, 5) is 29.0. The molecule has 214 valence electrons. The highest BCUT2D eigenvalue weighted by Crippen LogP contribution is 2.26. The van der Waals surface area contributed by atoms with E-state index in [4.69, 9.17) is 11.6 Å². The molecule has 0 heterocycles. The predicted molar refractivity (Wildman–Crippen MR) is 157 cm³/mol. The number of nitrogens with one attached hydrogen (secondary N) is 1. The Bertz CT molecular complexity index is 1460. The van der Waals surface area contributed by atoms with Crippen molar-refractivity contribution in [3.8, 4) is 0 Å². The molecule has 1 unspecified atom stereocenters. The van der Waals surface area contributed by atoms with E-state index in [0.29, 0.717) is 10.6 Å². The number of carbonyl (C=O) groups excluding carboxylic acids is 2. The summed E-state index contributed by atoms with van der Waals surface area (Å²) in [6.45, 7) is 6.32. The molecule has 3 aromatic carbocycles. The third-order valence-corrected chi connectivity index (χ3v) is 7.54. The van der Waals surface area contributed by atoms with Gasteiger partial charge in [0, 0.05) is 29.1 Å². The van der Waals surface area contributed by atoms with Gasteiger partial charge in [0.1, 0.15) is 18.4 Å². The Kier molecular flexibility index (Phi) is 9.97. The molecule has 0 aromatic heterocycles. The minimum atomic E-state index is -3.93. The van der Waals surface area contributed by atoms with Crippen molar-refractivity contribution in [2.75, 3.05) is 17.1 Å². The van der Waals surface area contributed by atoms with E-state index >= 15 is 0 Å². The van der Waals surface area contributed by atoms with Crippen molar-refractivity contribution in [2.45, 2.75) is 52.2 Å². The average molecular weight is 588 g/mol. The SMILES string of the molecule is Cc1cc(Cl)ccc1N(CC(=O)N(Cc1ccccc1F)C(Cc1ccccc1)C(=O)NC(C)(C)C)S(C)(=O)=O. The standard InChI is InChI=1S/C30H35ClFN3O4S/c1-21-17-24(31)15-16-26(21)35(40(5,38)39)20-28(36)34(19-23-13-9-10-14-25(23)32)27(29(37)33-30(2,3)4)18-22-11-7-6-8-12-22/h6-17,27H,18-20H2,1-5H3,(H,33,37). The number of carbonyl (C=O) groups is 2. The molecule has 0 radical (unpaired) electrons. The summed E-state index contributed by atoms with van der Waals surface area (Å²) < 4.78 is 41.6. The molecule has 0 saturated carbocycles. The lowest BCUT2D eigenvalue weighted by molar-refractivity contribution is -0.140. The van der Waals surface area contributed by atoms with Gasteiger partial charge in [-0.3, -0.25) is 13.9 Å². The van der Waals surface area contributed by atoms with Gasteiger partial charge in [-0.05, 0) is 63.1 Å². The molecule has 0 spiro atoms. The van der Waals surface area contributed by atoms with E-state index in [-0.39, 0.29) is 24.2 Å². The number of hydrogen-bond donors (Lipinski definition) is 1. The van der Waals surface area contributed by atoms with Crippen LogP contribution < -0.4 is 9.62 Å². The molecule has 0 fully saturated rings. The number of halogens is 2. The van der Waals surface area contributed by atoms with E-state index < -0.39 is 45.8 Å². The molecule has 1 atom stereocenters. The quantitative estimate of drug-likeness (QED) is 0.357. The first kappa shape index (κ1) is 31.1. The topological polar surface area (TPSA) is 86.8 Å². The Morgan fingerprint density at radius 1 is 1.00 bits per heavy atom. The molecule has 10 heteroatoms. The Balaban J connectivity index is 2.10. The van der Waals surface area contributed by atoms with Crippen molar-refractivity contribution in [1.29, 1.82) is 0 Å². The van der Waals surface area contributed by atoms with E-state index in [1.165, 1.54) is 29.2 Å². The fraction of sp³-hybridized carbons (Fsp3) is 0.333. The van der Waals surface area contributed by atoms with Gasteiger partial charge in [-0.2, -0.15) is 0 Å². The zero-order valence-corrected chi connectivity index (χ0v) is 24.9. The number of benzene rings is 3. The van der Waals surface area contributed by atoms with Crippen LogP contribution in [0.5, 0.6) is 0 Å². The maximum absolute atomic E-state index is 14.8. The van der Waals surface area contributed by atoms with Crippen LogP contribution in [0, 0.1) is 12.7 Å². The van der Waals surface area contributed by atoms with Gasteiger partial charge in [0.25, 0.3) is 0 Å². The summed E-state index contributed by atoms with van der Waals surface area (Å²) in [6, 6.07) is 18.8. The second kappa shape index (κ2) is 12.8. The van der Waals surface area contributed by atoms with Crippen LogP contribution in [0.15, 0.2) is 72.8 Å². The summed E-state index contributed by atoms with van der Waals surface area (Å²) in [5, 5.41) is 3.35. The lowest BCUT2D eigenvalue weighted by Gasteiger charge is -2.35. The van der Waals surface area contributed by atoms with Crippen LogP contribution >= 0.6 is 11.6 Å². The van der Waals surface area contributed by atoms with Crippen molar-refractivity contribution in [2.24, 2.45) is 0 Å². The first-order valence-electron chi connectivity index (χ1n) is 12.8. The van der Waals surface area contributed by atoms with E-state index in [1.54, 1.807) is 25.1 Å². The van der Waals surface area contributed by atoms with E-state index in [1.807, 2.05) is 51.1 Å². The monoisotopic (exact) mass is 587 g/mol. The third-order valence-electron chi connectivity index (χ3n) is 6.17. The third kappa shape index (κ3) is 8.53. The summed E-state index contributed by atoms with van der Waals surface area (Å²) in [7, 11) is -3.93. The molecule has 0 bridgehead atoms. The maximum atomic E-state index is 14.8. The van der Waals surface area contributed by atoms with Crippen LogP contribution in [0.1, 0.15) is 37.5 Å². The number of nitrogens with zero attached hydrogens (tertiary/aromatic N) is 2. The summed E-state index contributed by atoms with van der Waals surface area (Å²) in [5.41, 5.74) is 1.21. The number of amides is 2. The highest BCUT2D eigenvalue weighted by atomic mass is 35.5. The van der Waals surface area contributed by atoms with Crippen LogP contribution in [0.2, 0.25) is 5.02 Å². The summed E-state index contributed by atoms with van der Waals surface area (Å²) in [6.07, 6.45) is 1.14. The number of rotatable bonds is 10. The molecule has 40 heavy (non-hydrogen) atoms. The zero-order chi connectivity index (χ0) is 29.7. The highest BCUT2D eigenvalue weighted by Gasteiger charge is 2.35. The van der Waals surface area contributed by atoms with Crippen molar-refractivity contribution in [1.82, 2.24) is 10.2 Å². The molecule has 3 rings (SSSR count). The molecule has 3 aromatic rings. The van der Waals surface area contributed by atoms with Crippen molar-refractivity contribution in [3.63, 3.8) is 0 Å².